The summed E-state index contributed by atoms with van der Waals surface area (Å²) in [6.07, 6.45) is 0. The molecule has 4 nitrogen and oxygen atoms in total. The van der Waals surface area contributed by atoms with Gasteiger partial charge in [0.1, 0.15) is 5.82 Å². The van der Waals surface area contributed by atoms with Crippen LogP contribution in [0, 0.1) is 5.82 Å². The van der Waals surface area contributed by atoms with E-state index in [0.29, 0.717) is 18.8 Å². The molecule has 0 aromatic heterocycles. The van der Waals surface area contributed by atoms with Crippen molar-refractivity contribution < 1.29 is 9.18 Å². The fraction of sp³-hybridized carbons (Fsp3) is 0.278. The lowest BCUT2D eigenvalue weighted by Gasteiger charge is -2.36. The Bertz CT molecular complexity index is 703. The molecule has 1 heterocycles. The van der Waals surface area contributed by atoms with E-state index in [1.807, 2.05) is 23.1 Å². The summed E-state index contributed by atoms with van der Waals surface area (Å²) >= 11 is 5.74. The van der Waals surface area contributed by atoms with Crippen molar-refractivity contribution in [2.24, 2.45) is 0 Å². The topological polar surface area (TPSA) is 35.6 Å². The number of hydrogen-bond donors (Lipinski definition) is 1. The first kappa shape index (κ1) is 16.6. The first-order chi connectivity index (χ1) is 11.6. The van der Waals surface area contributed by atoms with E-state index >= 15 is 0 Å². The molecule has 0 radical (unpaired) electrons. The van der Waals surface area contributed by atoms with E-state index in [4.69, 9.17) is 11.6 Å². The van der Waals surface area contributed by atoms with Gasteiger partial charge < -0.3 is 15.1 Å². The molecule has 0 spiro atoms. The Balaban J connectivity index is 1.49. The van der Waals surface area contributed by atoms with Gasteiger partial charge >= 0.3 is 0 Å². The summed E-state index contributed by atoms with van der Waals surface area (Å²) in [4.78, 5) is 16.4. The van der Waals surface area contributed by atoms with Gasteiger partial charge in [0.2, 0.25) is 5.91 Å². The standard InChI is InChI=1S/C18H19ClFN3O/c19-16-12-14(6-7-17(16)20)21-13-18(24)23-10-8-22(9-11-23)15-4-2-1-3-5-15/h1-7,12,21H,8-11,13H2. The molecule has 1 aliphatic heterocycles. The molecular formula is C18H19ClFN3O. The zero-order valence-corrected chi connectivity index (χ0v) is 14.0. The highest BCUT2D eigenvalue weighted by Crippen LogP contribution is 2.19. The molecule has 0 bridgehead atoms. The smallest absolute Gasteiger partial charge is 0.241 e. The van der Waals surface area contributed by atoms with Crippen molar-refractivity contribution in [1.82, 2.24) is 4.90 Å². The number of nitrogens with one attached hydrogen (secondary N) is 1. The van der Waals surface area contributed by atoms with Crippen molar-refractivity contribution in [3.05, 3.63) is 59.4 Å². The average molecular weight is 348 g/mol. The second kappa shape index (κ2) is 7.53. The maximum Gasteiger partial charge on any atom is 0.241 e. The van der Waals surface area contributed by atoms with Crippen LogP contribution in [0.4, 0.5) is 15.8 Å². The van der Waals surface area contributed by atoms with Gasteiger partial charge in [0, 0.05) is 37.6 Å². The molecule has 24 heavy (non-hydrogen) atoms. The summed E-state index contributed by atoms with van der Waals surface area (Å²) in [6, 6.07) is 14.5. The number of nitrogens with zero attached hydrogens (tertiary/aromatic N) is 2. The predicted octanol–water partition coefficient (Wildman–Crippen LogP) is 3.24. The Morgan fingerprint density at radius 2 is 1.79 bits per heavy atom. The first-order valence-electron chi connectivity index (χ1n) is 7.90. The van der Waals surface area contributed by atoms with Crippen LogP contribution in [-0.2, 0) is 4.79 Å². The summed E-state index contributed by atoms with van der Waals surface area (Å²) in [6.45, 7) is 3.20. The fourth-order valence-corrected chi connectivity index (χ4v) is 2.93. The van der Waals surface area contributed by atoms with Crippen LogP contribution >= 0.6 is 11.6 Å². The summed E-state index contributed by atoms with van der Waals surface area (Å²) in [7, 11) is 0. The van der Waals surface area contributed by atoms with Crippen LogP contribution in [0.15, 0.2) is 48.5 Å². The van der Waals surface area contributed by atoms with E-state index in [1.54, 1.807) is 6.07 Å². The lowest BCUT2D eigenvalue weighted by atomic mass is 10.2. The molecule has 126 valence electrons. The number of hydrogen-bond acceptors (Lipinski definition) is 3. The fourth-order valence-electron chi connectivity index (χ4n) is 2.75. The van der Waals surface area contributed by atoms with Crippen molar-refractivity contribution in [2.75, 3.05) is 42.9 Å². The second-order valence-electron chi connectivity index (χ2n) is 5.69. The van der Waals surface area contributed by atoms with Crippen molar-refractivity contribution in [3.63, 3.8) is 0 Å². The molecule has 0 atom stereocenters. The second-order valence-corrected chi connectivity index (χ2v) is 6.09. The molecule has 6 heteroatoms. The normalized spacial score (nSPS) is 14.6. The first-order valence-corrected chi connectivity index (χ1v) is 8.28. The summed E-state index contributed by atoms with van der Waals surface area (Å²) in [5, 5.41) is 3.04. The van der Waals surface area contributed by atoms with E-state index in [-0.39, 0.29) is 17.5 Å². The van der Waals surface area contributed by atoms with Crippen molar-refractivity contribution in [1.29, 1.82) is 0 Å². The molecule has 0 saturated carbocycles. The Kier molecular flexibility index (Phi) is 5.20. The third kappa shape index (κ3) is 3.97. The minimum absolute atomic E-state index is 0.0307. The van der Waals surface area contributed by atoms with E-state index in [1.165, 1.54) is 17.8 Å². The van der Waals surface area contributed by atoms with Gasteiger partial charge in [-0.3, -0.25) is 4.79 Å². The SMILES string of the molecule is O=C(CNc1ccc(F)c(Cl)c1)N1CCN(c2ccccc2)CC1. The summed E-state index contributed by atoms with van der Waals surface area (Å²) in [5.41, 5.74) is 1.82. The minimum Gasteiger partial charge on any atom is -0.376 e. The molecule has 3 rings (SSSR count). The summed E-state index contributed by atoms with van der Waals surface area (Å²) in [5.74, 6) is -0.436. The van der Waals surface area contributed by atoms with Gasteiger partial charge in [-0.1, -0.05) is 29.8 Å². The highest BCUT2D eigenvalue weighted by atomic mass is 35.5. The van der Waals surface area contributed by atoms with Crippen LogP contribution in [0.5, 0.6) is 0 Å². The molecule has 0 unspecified atom stereocenters. The monoisotopic (exact) mass is 347 g/mol. The van der Waals surface area contributed by atoms with Crippen LogP contribution in [0.3, 0.4) is 0 Å². The highest BCUT2D eigenvalue weighted by Gasteiger charge is 2.20. The molecule has 1 N–H and O–H groups in total. The van der Waals surface area contributed by atoms with E-state index in [9.17, 15) is 9.18 Å². The molecule has 0 aliphatic carbocycles. The maximum atomic E-state index is 13.1. The van der Waals surface area contributed by atoms with Gasteiger partial charge in [0.05, 0.1) is 11.6 Å². The maximum absolute atomic E-state index is 13.1. The van der Waals surface area contributed by atoms with Crippen LogP contribution in [0.1, 0.15) is 0 Å². The number of anilines is 2. The lowest BCUT2D eigenvalue weighted by molar-refractivity contribution is -0.129. The molecule has 2 aromatic rings. The molecule has 1 aliphatic rings. The number of benzene rings is 2. The van der Waals surface area contributed by atoms with E-state index in [0.717, 1.165) is 13.1 Å². The Labute approximate surface area is 145 Å². The third-order valence-corrected chi connectivity index (χ3v) is 4.41. The lowest BCUT2D eigenvalue weighted by Crippen LogP contribution is -2.50. The zero-order chi connectivity index (χ0) is 16.9. The quantitative estimate of drug-likeness (QED) is 0.922. The van der Waals surface area contributed by atoms with Crippen LogP contribution < -0.4 is 10.2 Å². The third-order valence-electron chi connectivity index (χ3n) is 4.12. The number of halogens is 2. The van der Waals surface area contributed by atoms with Crippen molar-refractivity contribution in [2.45, 2.75) is 0 Å². The summed E-state index contributed by atoms with van der Waals surface area (Å²) < 4.78 is 13.1. The number of carbonyl (C=O) groups excluding carboxylic acids is 1. The number of piperazine rings is 1. The molecule has 1 saturated heterocycles. The van der Waals surface area contributed by atoms with Crippen LogP contribution in [-0.4, -0.2) is 43.5 Å². The number of para-hydroxylation sites is 1. The van der Waals surface area contributed by atoms with Crippen molar-refractivity contribution in [3.8, 4) is 0 Å². The minimum atomic E-state index is -0.467. The van der Waals surface area contributed by atoms with Crippen LogP contribution in [0.25, 0.3) is 0 Å². The molecule has 1 fully saturated rings. The number of carbonyl (C=O) groups is 1. The Hall–Kier alpha value is -2.27. The van der Waals surface area contributed by atoms with Gasteiger partial charge in [0.15, 0.2) is 0 Å². The largest absolute Gasteiger partial charge is 0.376 e. The molecular weight excluding hydrogens is 329 g/mol. The number of rotatable bonds is 4. The van der Waals surface area contributed by atoms with Gasteiger partial charge in [-0.05, 0) is 30.3 Å². The molecule has 1 amide bonds. The zero-order valence-electron chi connectivity index (χ0n) is 13.2. The van der Waals surface area contributed by atoms with Gasteiger partial charge in [-0.25, -0.2) is 4.39 Å². The van der Waals surface area contributed by atoms with Gasteiger partial charge in [-0.15, -0.1) is 0 Å². The molecule has 2 aromatic carbocycles. The van der Waals surface area contributed by atoms with Crippen LogP contribution in [0.2, 0.25) is 5.02 Å². The Morgan fingerprint density at radius 3 is 2.46 bits per heavy atom. The van der Waals surface area contributed by atoms with E-state index < -0.39 is 5.82 Å². The van der Waals surface area contributed by atoms with Gasteiger partial charge in [-0.2, -0.15) is 0 Å². The Morgan fingerprint density at radius 1 is 1.08 bits per heavy atom. The van der Waals surface area contributed by atoms with Crippen molar-refractivity contribution >= 4 is 28.9 Å². The van der Waals surface area contributed by atoms with Gasteiger partial charge in [0.25, 0.3) is 0 Å². The van der Waals surface area contributed by atoms with E-state index in [2.05, 4.69) is 22.3 Å². The highest BCUT2D eigenvalue weighted by molar-refractivity contribution is 6.31. The predicted molar refractivity (Wildman–Crippen MR) is 95.1 cm³/mol. The average Bonchev–Trinajstić information content (AvgIpc) is 2.63. The number of amides is 1.